The lowest BCUT2D eigenvalue weighted by Gasteiger charge is -2.49. The highest BCUT2D eigenvalue weighted by atomic mass is 35.5. The van der Waals surface area contributed by atoms with Crippen molar-refractivity contribution in [2.24, 2.45) is 0 Å². The van der Waals surface area contributed by atoms with Crippen LogP contribution in [0.15, 0.2) is 24.3 Å². The molecule has 23 heavy (non-hydrogen) atoms. The van der Waals surface area contributed by atoms with Crippen molar-refractivity contribution in [1.29, 1.82) is 0 Å². The molecule has 6 heteroatoms. The summed E-state index contributed by atoms with van der Waals surface area (Å²) in [5, 5.41) is 6.18. The maximum absolute atomic E-state index is 13.6. The highest BCUT2D eigenvalue weighted by Crippen LogP contribution is 2.34. The van der Waals surface area contributed by atoms with Crippen LogP contribution in [-0.2, 0) is 4.79 Å². The number of amides is 1. The Balaban J connectivity index is 0.00000192. The molecule has 1 aliphatic carbocycles. The number of nitrogens with zero attached hydrogens (tertiary/aromatic N) is 1. The summed E-state index contributed by atoms with van der Waals surface area (Å²) in [6, 6.07) is 6.31. The van der Waals surface area contributed by atoms with Gasteiger partial charge in [-0.05, 0) is 25.0 Å². The second-order valence-corrected chi connectivity index (χ2v) is 6.41. The molecule has 2 N–H and O–H groups in total. The molecule has 0 radical (unpaired) electrons. The minimum absolute atomic E-state index is 0. The molecule has 1 aromatic rings. The lowest BCUT2D eigenvalue weighted by molar-refractivity contribution is -0.120. The van der Waals surface area contributed by atoms with Crippen molar-refractivity contribution in [2.75, 3.05) is 31.5 Å². The van der Waals surface area contributed by atoms with Gasteiger partial charge in [-0.25, -0.2) is 4.39 Å². The van der Waals surface area contributed by atoms with E-state index in [0.29, 0.717) is 6.54 Å². The molecule has 2 aliphatic rings. The number of nitrogens with one attached hydrogen (secondary N) is 2. The number of rotatable bonds is 3. The van der Waals surface area contributed by atoms with Gasteiger partial charge in [-0.3, -0.25) is 9.69 Å². The van der Waals surface area contributed by atoms with Crippen LogP contribution in [0.25, 0.3) is 0 Å². The SMILES string of the molecule is Cl.O=C(CN1CCNCC12CCCCC2)Nc1ccccc1F. The summed E-state index contributed by atoms with van der Waals surface area (Å²) in [5.74, 6) is -0.513. The topological polar surface area (TPSA) is 44.4 Å². The molecule has 0 unspecified atom stereocenters. The Morgan fingerprint density at radius 1 is 1.26 bits per heavy atom. The molecule has 0 aromatic heterocycles. The number of halogens is 2. The number of carbonyl (C=O) groups is 1. The Kier molecular flexibility index (Phi) is 6.39. The zero-order valence-electron chi connectivity index (χ0n) is 13.3. The number of hydrogen-bond acceptors (Lipinski definition) is 3. The summed E-state index contributed by atoms with van der Waals surface area (Å²) in [4.78, 5) is 14.6. The van der Waals surface area contributed by atoms with Crippen LogP contribution >= 0.6 is 12.4 Å². The van der Waals surface area contributed by atoms with Crippen molar-refractivity contribution in [1.82, 2.24) is 10.2 Å². The normalized spacial score (nSPS) is 20.7. The van der Waals surface area contributed by atoms with Gasteiger partial charge in [-0.1, -0.05) is 31.4 Å². The van der Waals surface area contributed by atoms with Crippen LogP contribution in [0.3, 0.4) is 0 Å². The second-order valence-electron chi connectivity index (χ2n) is 6.41. The Bertz CT molecular complexity index is 526. The minimum atomic E-state index is -0.386. The second kappa shape index (κ2) is 8.08. The van der Waals surface area contributed by atoms with Crippen LogP contribution < -0.4 is 10.6 Å². The van der Waals surface area contributed by atoms with Crippen LogP contribution in [0, 0.1) is 5.82 Å². The van der Waals surface area contributed by atoms with Crippen LogP contribution in [0.4, 0.5) is 10.1 Å². The smallest absolute Gasteiger partial charge is 0.238 e. The van der Waals surface area contributed by atoms with E-state index in [9.17, 15) is 9.18 Å². The zero-order valence-corrected chi connectivity index (χ0v) is 14.1. The standard InChI is InChI=1S/C17H24FN3O.ClH/c18-14-6-2-3-7-15(14)20-16(22)12-21-11-10-19-13-17(21)8-4-1-5-9-17;/h2-3,6-7,19H,1,4-5,8-13H2,(H,20,22);1H. The van der Waals surface area contributed by atoms with E-state index in [1.165, 1.54) is 25.3 Å². The van der Waals surface area contributed by atoms with E-state index in [1.54, 1.807) is 18.2 Å². The highest BCUT2D eigenvalue weighted by molar-refractivity contribution is 5.92. The van der Waals surface area contributed by atoms with Crippen molar-refractivity contribution in [2.45, 2.75) is 37.6 Å². The van der Waals surface area contributed by atoms with Gasteiger partial charge in [0.15, 0.2) is 0 Å². The molecule has 1 amide bonds. The molecule has 3 rings (SSSR count). The predicted molar refractivity (Wildman–Crippen MR) is 92.5 cm³/mol. The molecule has 1 aliphatic heterocycles. The average molecular weight is 342 g/mol. The van der Waals surface area contributed by atoms with Gasteiger partial charge in [0, 0.05) is 25.2 Å². The molecule has 1 aromatic carbocycles. The molecule has 1 saturated heterocycles. The summed E-state index contributed by atoms with van der Waals surface area (Å²) in [7, 11) is 0. The van der Waals surface area contributed by atoms with Crippen molar-refractivity contribution < 1.29 is 9.18 Å². The fraction of sp³-hybridized carbons (Fsp3) is 0.588. The molecule has 1 spiro atoms. The Morgan fingerprint density at radius 2 is 2.00 bits per heavy atom. The quantitative estimate of drug-likeness (QED) is 0.888. The summed E-state index contributed by atoms with van der Waals surface area (Å²) in [6.07, 6.45) is 6.04. The fourth-order valence-electron chi connectivity index (χ4n) is 3.76. The van der Waals surface area contributed by atoms with Crippen LogP contribution in [0.2, 0.25) is 0 Å². The van der Waals surface area contributed by atoms with E-state index in [4.69, 9.17) is 0 Å². The lowest BCUT2D eigenvalue weighted by Crippen LogP contribution is -2.63. The maximum atomic E-state index is 13.6. The third-order valence-electron chi connectivity index (χ3n) is 4.95. The molecular formula is C17H25ClFN3O. The van der Waals surface area contributed by atoms with Crippen LogP contribution in [0.5, 0.6) is 0 Å². The Morgan fingerprint density at radius 3 is 2.74 bits per heavy atom. The number of benzene rings is 1. The number of piperazine rings is 1. The van der Waals surface area contributed by atoms with Crippen molar-refractivity contribution in [3.8, 4) is 0 Å². The summed E-state index contributed by atoms with van der Waals surface area (Å²) in [6.45, 7) is 3.09. The van der Waals surface area contributed by atoms with E-state index < -0.39 is 0 Å². The number of carbonyl (C=O) groups excluding carboxylic acids is 1. The van der Waals surface area contributed by atoms with E-state index in [1.807, 2.05) is 0 Å². The van der Waals surface area contributed by atoms with Crippen molar-refractivity contribution in [3.05, 3.63) is 30.1 Å². The van der Waals surface area contributed by atoms with E-state index in [-0.39, 0.29) is 35.4 Å². The van der Waals surface area contributed by atoms with Gasteiger partial charge in [0.1, 0.15) is 5.82 Å². The molecule has 1 saturated carbocycles. The van der Waals surface area contributed by atoms with Gasteiger partial charge >= 0.3 is 0 Å². The zero-order chi connectivity index (χ0) is 15.4. The lowest BCUT2D eigenvalue weighted by atomic mass is 9.79. The van der Waals surface area contributed by atoms with Gasteiger partial charge in [0.25, 0.3) is 0 Å². The largest absolute Gasteiger partial charge is 0.322 e. The first kappa shape index (κ1) is 18.2. The van der Waals surface area contributed by atoms with E-state index in [0.717, 1.165) is 32.5 Å². The minimum Gasteiger partial charge on any atom is -0.322 e. The van der Waals surface area contributed by atoms with Crippen molar-refractivity contribution >= 4 is 24.0 Å². The average Bonchev–Trinajstić information content (AvgIpc) is 2.53. The monoisotopic (exact) mass is 341 g/mol. The first-order valence-corrected chi connectivity index (χ1v) is 8.20. The first-order valence-electron chi connectivity index (χ1n) is 8.20. The van der Waals surface area contributed by atoms with Gasteiger partial charge < -0.3 is 10.6 Å². The summed E-state index contributed by atoms with van der Waals surface area (Å²) >= 11 is 0. The first-order chi connectivity index (χ1) is 10.7. The van der Waals surface area contributed by atoms with Gasteiger partial charge in [-0.2, -0.15) is 0 Å². The molecular weight excluding hydrogens is 317 g/mol. The van der Waals surface area contributed by atoms with Crippen molar-refractivity contribution in [3.63, 3.8) is 0 Å². The molecule has 4 nitrogen and oxygen atoms in total. The summed E-state index contributed by atoms with van der Waals surface area (Å²) in [5.41, 5.74) is 0.378. The van der Waals surface area contributed by atoms with E-state index >= 15 is 0 Å². The van der Waals surface area contributed by atoms with Gasteiger partial charge in [0.2, 0.25) is 5.91 Å². The van der Waals surface area contributed by atoms with E-state index in [2.05, 4.69) is 15.5 Å². The summed E-state index contributed by atoms with van der Waals surface area (Å²) < 4.78 is 13.6. The molecule has 0 atom stereocenters. The Labute approximate surface area is 143 Å². The molecule has 0 bridgehead atoms. The highest BCUT2D eigenvalue weighted by Gasteiger charge is 2.40. The maximum Gasteiger partial charge on any atom is 0.238 e. The fourth-order valence-corrected chi connectivity index (χ4v) is 3.76. The molecule has 2 fully saturated rings. The third kappa shape index (κ3) is 4.22. The number of para-hydroxylation sites is 1. The number of anilines is 1. The van der Waals surface area contributed by atoms with Crippen LogP contribution in [0.1, 0.15) is 32.1 Å². The van der Waals surface area contributed by atoms with Gasteiger partial charge in [0.05, 0.1) is 12.2 Å². The Hall–Kier alpha value is -1.17. The van der Waals surface area contributed by atoms with Gasteiger partial charge in [-0.15, -0.1) is 12.4 Å². The molecule has 1 heterocycles. The van der Waals surface area contributed by atoms with Crippen LogP contribution in [-0.4, -0.2) is 42.5 Å². The third-order valence-corrected chi connectivity index (χ3v) is 4.95. The predicted octanol–water partition coefficient (Wildman–Crippen LogP) is 2.79. The molecule has 128 valence electrons. The number of hydrogen-bond donors (Lipinski definition) is 2.